The topological polar surface area (TPSA) is 15.3 Å². The molecule has 0 amide bonds. The molecular weight excluding hydrogens is 220 g/mol. The fourth-order valence-electron chi connectivity index (χ4n) is 3.43. The van der Waals surface area contributed by atoms with E-state index >= 15 is 0 Å². The van der Waals surface area contributed by atoms with Crippen LogP contribution in [-0.2, 0) is 6.42 Å². The number of aryl methyl sites for hydroxylation is 1. The van der Waals surface area contributed by atoms with Crippen molar-refractivity contribution in [2.45, 2.75) is 31.6 Å². The molecule has 1 aromatic carbocycles. The molecule has 1 atom stereocenters. The van der Waals surface area contributed by atoms with E-state index in [1.54, 1.807) is 11.1 Å². The number of piperazine rings is 1. The summed E-state index contributed by atoms with van der Waals surface area (Å²) < 4.78 is 0. The van der Waals surface area contributed by atoms with Gasteiger partial charge in [-0.3, -0.25) is 0 Å². The molecule has 1 unspecified atom stereocenters. The molecule has 3 rings (SSSR count). The summed E-state index contributed by atoms with van der Waals surface area (Å²) in [5.41, 5.74) is 3.24. The van der Waals surface area contributed by atoms with Crippen molar-refractivity contribution in [3.05, 3.63) is 35.4 Å². The minimum absolute atomic E-state index is 0.810. The van der Waals surface area contributed by atoms with Crippen LogP contribution in [0.5, 0.6) is 0 Å². The minimum atomic E-state index is 0.810. The van der Waals surface area contributed by atoms with Crippen LogP contribution in [-0.4, -0.2) is 37.6 Å². The molecule has 1 fully saturated rings. The average molecular weight is 244 g/mol. The van der Waals surface area contributed by atoms with Gasteiger partial charge >= 0.3 is 0 Å². The molecule has 1 aromatic rings. The van der Waals surface area contributed by atoms with Gasteiger partial charge in [-0.05, 0) is 49.3 Å². The lowest BCUT2D eigenvalue weighted by Gasteiger charge is -2.31. The first-order valence-corrected chi connectivity index (χ1v) is 7.44. The highest BCUT2D eigenvalue weighted by molar-refractivity contribution is 5.32. The molecule has 1 saturated heterocycles. The third-order valence-corrected chi connectivity index (χ3v) is 4.50. The van der Waals surface area contributed by atoms with Gasteiger partial charge in [-0.2, -0.15) is 0 Å². The zero-order valence-corrected chi connectivity index (χ0v) is 11.2. The number of nitrogens with one attached hydrogen (secondary N) is 1. The lowest BCUT2D eigenvalue weighted by molar-refractivity contribution is 0.230. The van der Waals surface area contributed by atoms with E-state index < -0.39 is 0 Å². The Morgan fingerprint density at radius 2 is 2.00 bits per heavy atom. The van der Waals surface area contributed by atoms with Gasteiger partial charge in [0, 0.05) is 26.2 Å². The molecule has 1 aliphatic heterocycles. The maximum Gasteiger partial charge on any atom is 0.0107 e. The van der Waals surface area contributed by atoms with Crippen LogP contribution in [0.1, 0.15) is 36.3 Å². The van der Waals surface area contributed by atoms with Gasteiger partial charge in [-0.25, -0.2) is 0 Å². The molecule has 1 N–H and O–H groups in total. The number of nitrogens with zero attached hydrogens (tertiary/aromatic N) is 1. The maximum atomic E-state index is 3.43. The third kappa shape index (κ3) is 2.76. The van der Waals surface area contributed by atoms with Gasteiger partial charge in [0.1, 0.15) is 0 Å². The van der Waals surface area contributed by atoms with Crippen molar-refractivity contribution in [2.24, 2.45) is 0 Å². The van der Waals surface area contributed by atoms with Crippen LogP contribution < -0.4 is 5.32 Å². The molecule has 1 aliphatic carbocycles. The molecule has 0 bridgehead atoms. The predicted molar refractivity (Wildman–Crippen MR) is 76.0 cm³/mol. The highest BCUT2D eigenvalue weighted by Gasteiger charge is 2.20. The van der Waals surface area contributed by atoms with E-state index in [0.29, 0.717) is 0 Å². The summed E-state index contributed by atoms with van der Waals surface area (Å²) in [6.07, 6.45) is 5.41. The lowest BCUT2D eigenvalue weighted by Crippen LogP contribution is -2.44. The Bertz CT molecular complexity index is 382. The number of hydrogen-bond donors (Lipinski definition) is 1. The monoisotopic (exact) mass is 244 g/mol. The second-order valence-corrected chi connectivity index (χ2v) is 5.67. The minimum Gasteiger partial charge on any atom is -0.314 e. The zero-order chi connectivity index (χ0) is 12.2. The summed E-state index contributed by atoms with van der Waals surface area (Å²) in [6, 6.07) is 9.09. The Hall–Kier alpha value is -0.860. The van der Waals surface area contributed by atoms with Crippen LogP contribution in [0.3, 0.4) is 0 Å². The van der Waals surface area contributed by atoms with Crippen molar-refractivity contribution < 1.29 is 0 Å². The molecule has 2 aliphatic rings. The highest BCUT2D eigenvalue weighted by atomic mass is 15.2. The van der Waals surface area contributed by atoms with Gasteiger partial charge < -0.3 is 10.2 Å². The van der Waals surface area contributed by atoms with E-state index in [1.165, 1.54) is 58.4 Å². The number of rotatable bonds is 3. The van der Waals surface area contributed by atoms with Crippen molar-refractivity contribution in [3.8, 4) is 0 Å². The summed E-state index contributed by atoms with van der Waals surface area (Å²) in [7, 11) is 0. The molecule has 0 aromatic heterocycles. The van der Waals surface area contributed by atoms with E-state index in [-0.39, 0.29) is 0 Å². The molecule has 2 heteroatoms. The van der Waals surface area contributed by atoms with Crippen molar-refractivity contribution in [1.82, 2.24) is 10.2 Å². The molecule has 0 spiro atoms. The Kier molecular flexibility index (Phi) is 3.96. The van der Waals surface area contributed by atoms with Crippen molar-refractivity contribution in [3.63, 3.8) is 0 Å². The molecule has 0 saturated carbocycles. The molecule has 2 nitrogen and oxygen atoms in total. The van der Waals surface area contributed by atoms with Crippen molar-refractivity contribution in [1.29, 1.82) is 0 Å². The predicted octanol–water partition coefficient (Wildman–Crippen LogP) is 2.40. The Morgan fingerprint density at radius 3 is 2.89 bits per heavy atom. The third-order valence-electron chi connectivity index (χ3n) is 4.50. The quantitative estimate of drug-likeness (QED) is 0.878. The molecule has 98 valence electrons. The summed E-state index contributed by atoms with van der Waals surface area (Å²) in [5.74, 6) is 0.810. The molecular formula is C16H24N2. The van der Waals surface area contributed by atoms with E-state index in [1.807, 2.05) is 0 Å². The van der Waals surface area contributed by atoms with Crippen LogP contribution in [0, 0.1) is 0 Å². The van der Waals surface area contributed by atoms with E-state index in [9.17, 15) is 0 Å². The lowest BCUT2D eigenvalue weighted by atomic mass is 9.81. The van der Waals surface area contributed by atoms with E-state index in [0.717, 1.165) is 5.92 Å². The zero-order valence-electron chi connectivity index (χ0n) is 11.2. The van der Waals surface area contributed by atoms with Gasteiger partial charge in [0.2, 0.25) is 0 Å². The van der Waals surface area contributed by atoms with Crippen LogP contribution in [0.2, 0.25) is 0 Å². The molecule has 0 radical (unpaired) electrons. The van der Waals surface area contributed by atoms with Gasteiger partial charge in [0.15, 0.2) is 0 Å². The van der Waals surface area contributed by atoms with E-state index in [4.69, 9.17) is 0 Å². The van der Waals surface area contributed by atoms with Crippen LogP contribution in [0.25, 0.3) is 0 Å². The largest absolute Gasteiger partial charge is 0.314 e. The first kappa shape index (κ1) is 12.2. The smallest absolute Gasteiger partial charge is 0.0107 e. The van der Waals surface area contributed by atoms with Crippen molar-refractivity contribution in [2.75, 3.05) is 32.7 Å². The fraction of sp³-hybridized carbons (Fsp3) is 0.625. The SMILES string of the molecule is c1ccc2c(c1)CCCC2CCN1CCNCC1. The number of benzene rings is 1. The van der Waals surface area contributed by atoms with Crippen molar-refractivity contribution >= 4 is 0 Å². The van der Waals surface area contributed by atoms with Crippen LogP contribution in [0.4, 0.5) is 0 Å². The average Bonchev–Trinajstić information content (AvgIpc) is 2.46. The fourth-order valence-corrected chi connectivity index (χ4v) is 3.43. The Morgan fingerprint density at radius 1 is 1.17 bits per heavy atom. The van der Waals surface area contributed by atoms with Gasteiger partial charge in [-0.15, -0.1) is 0 Å². The Balaban J connectivity index is 1.60. The Labute approximate surface area is 110 Å². The number of hydrogen-bond acceptors (Lipinski definition) is 2. The normalized spacial score (nSPS) is 24.8. The summed E-state index contributed by atoms with van der Waals surface area (Å²) in [5, 5.41) is 3.43. The molecule has 18 heavy (non-hydrogen) atoms. The van der Waals surface area contributed by atoms with Gasteiger partial charge in [-0.1, -0.05) is 24.3 Å². The highest BCUT2D eigenvalue weighted by Crippen LogP contribution is 2.33. The van der Waals surface area contributed by atoms with Gasteiger partial charge in [0.25, 0.3) is 0 Å². The van der Waals surface area contributed by atoms with Crippen LogP contribution in [0.15, 0.2) is 24.3 Å². The number of fused-ring (bicyclic) bond motifs is 1. The maximum absolute atomic E-state index is 3.43. The molecule has 1 heterocycles. The summed E-state index contributed by atoms with van der Waals surface area (Å²) >= 11 is 0. The first-order valence-electron chi connectivity index (χ1n) is 7.44. The van der Waals surface area contributed by atoms with E-state index in [2.05, 4.69) is 34.5 Å². The second kappa shape index (κ2) is 5.85. The summed E-state index contributed by atoms with van der Waals surface area (Å²) in [6.45, 7) is 6.08. The standard InChI is InChI=1S/C16H24N2/c1-2-7-16-14(4-1)5-3-6-15(16)8-11-18-12-9-17-10-13-18/h1-2,4,7,15,17H,3,5-6,8-13H2. The second-order valence-electron chi connectivity index (χ2n) is 5.67. The summed E-state index contributed by atoms with van der Waals surface area (Å²) in [4.78, 5) is 2.62. The van der Waals surface area contributed by atoms with Crippen LogP contribution >= 0.6 is 0 Å². The van der Waals surface area contributed by atoms with Gasteiger partial charge in [0.05, 0.1) is 0 Å². The first-order chi connectivity index (χ1) is 8.93.